The molecule has 0 N–H and O–H groups in total. The summed E-state index contributed by atoms with van der Waals surface area (Å²) in [6, 6.07) is 2.02. The maximum absolute atomic E-state index is 12.6. The Kier molecular flexibility index (Phi) is 2.54. The second kappa shape index (κ2) is 3.32. The average molecular weight is 196 g/mol. The average Bonchev–Trinajstić information content (AvgIpc) is 1.93. The first-order valence-corrected chi connectivity index (χ1v) is 3.39. The van der Waals surface area contributed by atoms with Gasteiger partial charge in [-0.2, -0.15) is 13.2 Å². The van der Waals surface area contributed by atoms with E-state index in [0.717, 1.165) is 12.1 Å². The Morgan fingerprint density at radius 3 is 2.15 bits per heavy atom. The van der Waals surface area contributed by atoms with Crippen LogP contribution in [0.15, 0.2) is 18.2 Å². The molecule has 0 radical (unpaired) electrons. The number of hydrogen-bond acceptors (Lipinski definition) is 0. The first-order valence-electron chi connectivity index (χ1n) is 3.39. The van der Waals surface area contributed by atoms with Crippen LogP contribution in [-0.4, -0.2) is 6.18 Å². The third-order valence-corrected chi connectivity index (χ3v) is 1.41. The van der Waals surface area contributed by atoms with E-state index in [4.69, 9.17) is 0 Å². The summed E-state index contributed by atoms with van der Waals surface area (Å²) in [6.45, 7) is 0. The van der Waals surface area contributed by atoms with E-state index in [9.17, 15) is 22.0 Å². The summed E-state index contributed by atoms with van der Waals surface area (Å²) >= 11 is 0. The van der Waals surface area contributed by atoms with E-state index in [2.05, 4.69) is 0 Å². The molecule has 0 fully saturated rings. The molecule has 0 heterocycles. The Bertz CT molecular complexity index is 302. The van der Waals surface area contributed by atoms with Gasteiger partial charge in [-0.3, -0.25) is 0 Å². The van der Waals surface area contributed by atoms with Crippen molar-refractivity contribution in [2.24, 2.45) is 0 Å². The molecule has 0 nitrogen and oxygen atoms in total. The van der Waals surface area contributed by atoms with Gasteiger partial charge >= 0.3 is 6.18 Å². The molecule has 0 aromatic heterocycles. The molecule has 13 heavy (non-hydrogen) atoms. The summed E-state index contributed by atoms with van der Waals surface area (Å²) < 4.78 is 60.2. The smallest absolute Gasteiger partial charge is 0.207 e. The fraction of sp³-hybridized carbons (Fsp3) is 0.250. The molecular formula is C8H5F5. The fourth-order valence-corrected chi connectivity index (χ4v) is 0.881. The molecule has 0 spiro atoms. The summed E-state index contributed by atoms with van der Waals surface area (Å²) in [5.41, 5.74) is -0.547. The van der Waals surface area contributed by atoms with Crippen LogP contribution in [0.4, 0.5) is 22.0 Å². The van der Waals surface area contributed by atoms with E-state index in [-0.39, 0.29) is 0 Å². The van der Waals surface area contributed by atoms with Crippen molar-refractivity contribution >= 4 is 0 Å². The van der Waals surface area contributed by atoms with Crippen molar-refractivity contribution in [3.63, 3.8) is 0 Å². The van der Waals surface area contributed by atoms with Crippen LogP contribution in [0.25, 0.3) is 0 Å². The first kappa shape index (κ1) is 9.95. The molecule has 0 saturated carbocycles. The minimum Gasteiger partial charge on any atom is -0.207 e. The van der Waals surface area contributed by atoms with Crippen molar-refractivity contribution in [3.05, 3.63) is 35.4 Å². The van der Waals surface area contributed by atoms with Gasteiger partial charge in [-0.15, -0.1) is 0 Å². The third-order valence-electron chi connectivity index (χ3n) is 1.41. The quantitative estimate of drug-likeness (QED) is 0.605. The Hall–Kier alpha value is -1.13. The van der Waals surface area contributed by atoms with Crippen LogP contribution in [0, 0.1) is 11.6 Å². The minimum absolute atomic E-state index is 0.432. The highest BCUT2D eigenvalue weighted by molar-refractivity contribution is 5.19. The number of hydrogen-bond donors (Lipinski definition) is 0. The van der Waals surface area contributed by atoms with Gasteiger partial charge in [-0.25, -0.2) is 8.78 Å². The van der Waals surface area contributed by atoms with Gasteiger partial charge in [0.05, 0.1) is 6.42 Å². The lowest BCUT2D eigenvalue weighted by Gasteiger charge is -2.06. The van der Waals surface area contributed by atoms with Gasteiger partial charge in [-0.1, -0.05) is 6.07 Å². The molecule has 0 unspecified atom stereocenters. The van der Waals surface area contributed by atoms with Crippen LogP contribution in [0.5, 0.6) is 0 Å². The monoisotopic (exact) mass is 196 g/mol. The Morgan fingerprint density at radius 1 is 1.08 bits per heavy atom. The fourth-order valence-electron chi connectivity index (χ4n) is 0.881. The SMILES string of the molecule is Fc1ccc(CC(F)(F)F)c(F)c1. The number of benzene rings is 1. The van der Waals surface area contributed by atoms with Crippen molar-refractivity contribution < 1.29 is 22.0 Å². The Labute approximate surface area is 71.0 Å². The lowest BCUT2D eigenvalue weighted by atomic mass is 10.1. The molecule has 0 aliphatic carbocycles. The zero-order valence-corrected chi connectivity index (χ0v) is 6.33. The predicted molar refractivity (Wildman–Crippen MR) is 36.1 cm³/mol. The zero-order valence-electron chi connectivity index (χ0n) is 6.33. The maximum Gasteiger partial charge on any atom is 0.393 e. The predicted octanol–water partition coefficient (Wildman–Crippen LogP) is 3.07. The summed E-state index contributed by atoms with van der Waals surface area (Å²) in [5.74, 6) is -2.05. The lowest BCUT2D eigenvalue weighted by Crippen LogP contribution is -2.12. The highest BCUT2D eigenvalue weighted by atomic mass is 19.4. The van der Waals surface area contributed by atoms with Crippen LogP contribution in [0.2, 0.25) is 0 Å². The van der Waals surface area contributed by atoms with Crippen LogP contribution < -0.4 is 0 Å². The molecule has 0 saturated heterocycles. The van der Waals surface area contributed by atoms with E-state index in [1.54, 1.807) is 0 Å². The van der Waals surface area contributed by atoms with Crippen molar-refractivity contribution in [2.75, 3.05) is 0 Å². The van der Waals surface area contributed by atoms with Crippen molar-refractivity contribution in [3.8, 4) is 0 Å². The van der Waals surface area contributed by atoms with Crippen LogP contribution >= 0.6 is 0 Å². The van der Waals surface area contributed by atoms with Crippen LogP contribution in [-0.2, 0) is 6.42 Å². The van der Waals surface area contributed by atoms with Gasteiger partial charge in [0.15, 0.2) is 0 Å². The molecule has 0 aliphatic rings. The molecule has 0 atom stereocenters. The molecule has 5 heteroatoms. The first-order chi connectivity index (χ1) is 5.88. The summed E-state index contributed by atoms with van der Waals surface area (Å²) in [5, 5.41) is 0. The van der Waals surface area contributed by atoms with Gasteiger partial charge in [0, 0.05) is 6.07 Å². The summed E-state index contributed by atoms with van der Waals surface area (Å²) in [4.78, 5) is 0. The van der Waals surface area contributed by atoms with E-state index in [1.807, 2.05) is 0 Å². The minimum atomic E-state index is -4.47. The van der Waals surface area contributed by atoms with Gasteiger partial charge in [-0.05, 0) is 11.6 Å². The molecule has 0 amide bonds. The Balaban J connectivity index is 2.90. The second-order valence-corrected chi connectivity index (χ2v) is 2.53. The van der Waals surface area contributed by atoms with Gasteiger partial charge in [0.25, 0.3) is 0 Å². The number of alkyl halides is 3. The van der Waals surface area contributed by atoms with E-state index in [1.165, 1.54) is 0 Å². The van der Waals surface area contributed by atoms with Crippen molar-refractivity contribution in [1.82, 2.24) is 0 Å². The van der Waals surface area contributed by atoms with Gasteiger partial charge in [0.1, 0.15) is 11.6 Å². The molecule has 1 aromatic rings. The summed E-state index contributed by atoms with van der Waals surface area (Å²) in [6.07, 6.45) is -5.85. The zero-order chi connectivity index (χ0) is 10.1. The summed E-state index contributed by atoms with van der Waals surface area (Å²) in [7, 11) is 0. The molecule has 0 bridgehead atoms. The number of rotatable bonds is 1. The molecule has 1 rings (SSSR count). The van der Waals surface area contributed by atoms with Gasteiger partial charge < -0.3 is 0 Å². The maximum atomic E-state index is 12.6. The van der Waals surface area contributed by atoms with E-state index in [0.29, 0.717) is 6.07 Å². The van der Waals surface area contributed by atoms with E-state index >= 15 is 0 Å². The standard InChI is InChI=1S/C8H5F5/c9-6-2-1-5(7(10)3-6)4-8(11,12)13/h1-3H,4H2. The van der Waals surface area contributed by atoms with Gasteiger partial charge in [0.2, 0.25) is 0 Å². The molecule has 0 aliphatic heterocycles. The highest BCUT2D eigenvalue weighted by Gasteiger charge is 2.29. The van der Waals surface area contributed by atoms with E-state index < -0.39 is 29.8 Å². The van der Waals surface area contributed by atoms with Crippen molar-refractivity contribution in [2.45, 2.75) is 12.6 Å². The molecule has 72 valence electrons. The Morgan fingerprint density at radius 2 is 1.69 bits per heavy atom. The third kappa shape index (κ3) is 3.01. The van der Waals surface area contributed by atoms with Crippen molar-refractivity contribution in [1.29, 1.82) is 0 Å². The van der Waals surface area contributed by atoms with Crippen LogP contribution in [0.3, 0.4) is 0 Å². The largest absolute Gasteiger partial charge is 0.393 e. The molecule has 1 aromatic carbocycles. The highest BCUT2D eigenvalue weighted by Crippen LogP contribution is 2.23. The second-order valence-electron chi connectivity index (χ2n) is 2.53. The number of halogens is 5. The molecular weight excluding hydrogens is 191 g/mol. The lowest BCUT2D eigenvalue weighted by molar-refractivity contribution is -0.127. The normalized spacial score (nSPS) is 11.8. The van der Waals surface area contributed by atoms with Crippen LogP contribution in [0.1, 0.15) is 5.56 Å². The topological polar surface area (TPSA) is 0 Å².